The summed E-state index contributed by atoms with van der Waals surface area (Å²) in [6, 6.07) is 170. The van der Waals surface area contributed by atoms with Crippen molar-refractivity contribution in [3.8, 4) is 123 Å². The molecule has 0 fully saturated rings. The van der Waals surface area contributed by atoms with E-state index in [1.165, 1.54) is 88.7 Å². The smallest absolute Gasteiger partial charge is 0.160 e. The quantitative estimate of drug-likeness (QED) is 0.107. The first-order valence-corrected chi connectivity index (χ1v) is 43.8. The molecule has 0 atom stereocenters. The van der Waals surface area contributed by atoms with Crippen LogP contribution in [0.25, 0.3) is 189 Å². The summed E-state index contributed by atoms with van der Waals surface area (Å²) in [4.78, 5) is 31.0. The first-order chi connectivity index (χ1) is 63.5. The van der Waals surface area contributed by atoms with Gasteiger partial charge in [-0.1, -0.05) is 449 Å². The van der Waals surface area contributed by atoms with E-state index >= 15 is 0 Å². The summed E-state index contributed by atoms with van der Waals surface area (Å²) in [6.45, 7) is 0. The van der Waals surface area contributed by atoms with Gasteiger partial charge in [0.25, 0.3) is 0 Å². The van der Waals surface area contributed by atoms with Crippen molar-refractivity contribution in [3.05, 3.63) is 518 Å². The van der Waals surface area contributed by atoms with Crippen molar-refractivity contribution in [2.24, 2.45) is 0 Å². The van der Waals surface area contributed by atoms with Crippen LogP contribution in [-0.4, -0.2) is 29.9 Å². The highest BCUT2D eigenvalue weighted by Crippen LogP contribution is 2.61. The van der Waals surface area contributed by atoms with Gasteiger partial charge >= 0.3 is 0 Å². The highest BCUT2D eigenvalue weighted by molar-refractivity contribution is 6.21. The van der Waals surface area contributed by atoms with Crippen molar-refractivity contribution in [1.82, 2.24) is 29.9 Å². The Bertz CT molecular complexity index is 8140. The molecular formula is C122H78N6. The van der Waals surface area contributed by atoms with E-state index in [1.807, 2.05) is 36.4 Å². The number of rotatable bonds is 13. The molecule has 6 heteroatoms. The number of hydrogen-bond acceptors (Lipinski definition) is 6. The monoisotopic (exact) mass is 1630 g/mol. The molecule has 25 rings (SSSR count). The largest absolute Gasteiger partial charge is 0.247 e. The molecule has 4 aromatic heterocycles. The van der Waals surface area contributed by atoms with Crippen LogP contribution < -0.4 is 0 Å². The average molecular weight is 1630 g/mol. The number of pyridine rings is 2. The van der Waals surface area contributed by atoms with E-state index in [9.17, 15) is 0 Å². The highest BCUT2D eigenvalue weighted by atomic mass is 14.9. The Hall–Kier alpha value is -16.8. The maximum absolute atomic E-state index is 5.42. The van der Waals surface area contributed by atoms with Crippen molar-refractivity contribution < 1.29 is 0 Å². The van der Waals surface area contributed by atoms with Crippen LogP contribution in [0.5, 0.6) is 0 Å². The van der Waals surface area contributed by atoms with Gasteiger partial charge < -0.3 is 0 Å². The summed E-state index contributed by atoms with van der Waals surface area (Å²) in [5.74, 6) is 1.44. The predicted molar refractivity (Wildman–Crippen MR) is 528 cm³/mol. The molecule has 2 aliphatic rings. The highest BCUT2D eigenvalue weighted by Gasteiger charge is 2.49. The molecule has 596 valence electrons. The molecule has 19 aromatic carbocycles. The number of fused-ring (bicyclic) bond motifs is 16. The van der Waals surface area contributed by atoms with Crippen LogP contribution in [0.15, 0.2) is 473 Å². The van der Waals surface area contributed by atoms with Crippen molar-refractivity contribution in [3.63, 3.8) is 0 Å². The zero-order valence-corrected chi connectivity index (χ0v) is 69.7. The van der Waals surface area contributed by atoms with Gasteiger partial charge in [-0.3, -0.25) is 0 Å². The molecule has 0 amide bonds. The van der Waals surface area contributed by atoms with E-state index in [0.29, 0.717) is 5.82 Å². The van der Waals surface area contributed by atoms with Crippen LogP contribution in [0.1, 0.15) is 44.5 Å². The van der Waals surface area contributed by atoms with Gasteiger partial charge in [0.05, 0.1) is 55.7 Å². The van der Waals surface area contributed by atoms with Gasteiger partial charge in [-0.15, -0.1) is 0 Å². The minimum absolute atomic E-state index is 0.477. The van der Waals surface area contributed by atoms with Crippen LogP contribution in [0.3, 0.4) is 0 Å². The van der Waals surface area contributed by atoms with E-state index in [0.717, 1.165) is 139 Å². The standard InChI is InChI=1S/C64H41N3.C58H37N3/c1-4-16-42(17-5-1)43-32-38-48(39-33-43)63-66-58-27-15-12-24-53(58)61(67-63)46-34-28-44(29-35-46)45-30-36-47(37-31-45)62-54-40-41-56-60(59(54)52-23-11-14-26-57(52)65-62)51-22-10-13-25-55(51)64(56,49-18-6-2-7-19-49)50-20-8-3-9-21-50;1-4-16-42(17-5-1)57-60-52-27-15-12-24-47(52)55(61-57)40-32-28-38(29-33-40)39-30-34-41(35-31-39)56-48-36-37-50-54(53(48)46-23-11-14-26-51(46)59-56)45-22-10-13-25-49(45)58(50,43-18-6-2-7-19-43)44-20-8-3-9-21-44/h1-41H;1-37H. The Labute approximate surface area is 741 Å². The molecular weight excluding hydrogens is 1550 g/mol. The summed E-state index contributed by atoms with van der Waals surface area (Å²) < 4.78 is 0. The van der Waals surface area contributed by atoms with E-state index < -0.39 is 10.8 Å². The zero-order valence-electron chi connectivity index (χ0n) is 69.7. The lowest BCUT2D eigenvalue weighted by Gasteiger charge is -2.34. The number of nitrogens with zero attached hydrogens (tertiary/aromatic N) is 6. The lowest BCUT2D eigenvalue weighted by molar-refractivity contribution is 0.769. The van der Waals surface area contributed by atoms with E-state index in [4.69, 9.17) is 29.9 Å². The van der Waals surface area contributed by atoms with E-state index in [-0.39, 0.29) is 0 Å². The van der Waals surface area contributed by atoms with Crippen LogP contribution in [0.2, 0.25) is 0 Å². The molecule has 0 saturated carbocycles. The van der Waals surface area contributed by atoms with Gasteiger partial charge in [-0.2, -0.15) is 0 Å². The lowest BCUT2D eigenvalue weighted by Crippen LogP contribution is -2.28. The van der Waals surface area contributed by atoms with Gasteiger partial charge in [0.2, 0.25) is 0 Å². The van der Waals surface area contributed by atoms with Crippen LogP contribution in [-0.2, 0) is 10.8 Å². The van der Waals surface area contributed by atoms with Crippen LogP contribution >= 0.6 is 0 Å². The first kappa shape index (κ1) is 75.0. The van der Waals surface area contributed by atoms with Crippen molar-refractivity contribution in [2.75, 3.05) is 0 Å². The molecule has 0 unspecified atom stereocenters. The minimum atomic E-state index is -0.484. The van der Waals surface area contributed by atoms with Crippen molar-refractivity contribution in [1.29, 1.82) is 0 Å². The number of aromatic nitrogens is 6. The number of hydrogen-bond donors (Lipinski definition) is 0. The van der Waals surface area contributed by atoms with Gasteiger partial charge in [-0.25, -0.2) is 29.9 Å². The SMILES string of the molecule is c1ccc(-c2ccc(-c3nc(-c4ccc(-c5ccc(-c6nc7ccccc7c7c8c(ccc67)C(c6ccccc6)(c6ccccc6)c6ccccc6-8)cc5)cc4)c4ccccc4n3)cc2)cc1.c1ccc(-c2nc(-c3ccc(-c4ccc(-c5nc6ccccc6c6c7c(ccc56)C(c5ccccc5)(c5ccccc5)c5ccccc5-7)cc4)cc3)c3ccccc3n2)cc1. The summed E-state index contributed by atoms with van der Waals surface area (Å²) in [6.07, 6.45) is 0. The summed E-state index contributed by atoms with van der Waals surface area (Å²) >= 11 is 0. The molecule has 128 heavy (non-hydrogen) atoms. The second-order valence-corrected chi connectivity index (χ2v) is 33.3. The Morgan fingerprint density at radius 1 is 0.141 bits per heavy atom. The maximum Gasteiger partial charge on any atom is 0.160 e. The number of benzene rings is 19. The van der Waals surface area contributed by atoms with Gasteiger partial charge in [0.1, 0.15) is 0 Å². The maximum atomic E-state index is 5.42. The summed E-state index contributed by atoms with van der Waals surface area (Å²) in [5.41, 5.74) is 35.2. The van der Waals surface area contributed by atoms with Gasteiger partial charge in [0.15, 0.2) is 11.6 Å². The van der Waals surface area contributed by atoms with Crippen LogP contribution in [0.4, 0.5) is 0 Å². The molecule has 4 heterocycles. The molecule has 0 spiro atoms. The van der Waals surface area contributed by atoms with Gasteiger partial charge in [0, 0.05) is 76.5 Å². The van der Waals surface area contributed by atoms with E-state index in [2.05, 4.69) is 437 Å². The Morgan fingerprint density at radius 2 is 0.375 bits per heavy atom. The topological polar surface area (TPSA) is 77.3 Å². The Balaban J connectivity index is 0.000000143. The third-order valence-corrected chi connectivity index (χ3v) is 26.4. The van der Waals surface area contributed by atoms with Crippen molar-refractivity contribution >= 4 is 65.2 Å². The molecule has 6 nitrogen and oxygen atoms in total. The molecule has 0 radical (unpaired) electrons. The molecule has 2 aliphatic carbocycles. The van der Waals surface area contributed by atoms with Gasteiger partial charge in [-0.05, 0) is 124 Å². The molecule has 0 aliphatic heterocycles. The summed E-state index contributed by atoms with van der Waals surface area (Å²) in [7, 11) is 0. The molecule has 0 saturated heterocycles. The fraction of sp³-hybridized carbons (Fsp3) is 0.0164. The Kier molecular flexibility index (Phi) is 18.3. The average Bonchev–Trinajstić information content (AvgIpc) is 1.53. The van der Waals surface area contributed by atoms with Crippen LogP contribution in [0, 0.1) is 0 Å². The first-order valence-electron chi connectivity index (χ1n) is 43.8. The van der Waals surface area contributed by atoms with Crippen molar-refractivity contribution in [2.45, 2.75) is 10.8 Å². The third kappa shape index (κ3) is 12.4. The van der Waals surface area contributed by atoms with E-state index in [1.54, 1.807) is 0 Å². The zero-order chi connectivity index (χ0) is 84.6. The minimum Gasteiger partial charge on any atom is -0.247 e. The number of para-hydroxylation sites is 4. The second kappa shape index (κ2) is 31.2. The molecule has 23 aromatic rings. The third-order valence-electron chi connectivity index (χ3n) is 26.4. The Morgan fingerprint density at radius 3 is 0.711 bits per heavy atom. The second-order valence-electron chi connectivity index (χ2n) is 33.3. The lowest BCUT2D eigenvalue weighted by atomic mass is 9.67. The molecule has 0 N–H and O–H groups in total. The normalized spacial score (nSPS) is 12.7. The molecule has 0 bridgehead atoms. The summed E-state index contributed by atoms with van der Waals surface area (Å²) in [5, 5.41) is 9.15. The predicted octanol–water partition coefficient (Wildman–Crippen LogP) is 30.4. The fourth-order valence-corrected chi connectivity index (χ4v) is 20.6. The fourth-order valence-electron chi connectivity index (χ4n) is 20.6.